The molecule has 1 aromatic carbocycles. The van der Waals surface area contributed by atoms with E-state index in [4.69, 9.17) is 4.52 Å². The second-order valence-corrected chi connectivity index (χ2v) is 6.02. The highest BCUT2D eigenvalue weighted by atomic mass is 19.1. The largest absolute Gasteiger partial charge is 0.353 e. The van der Waals surface area contributed by atoms with E-state index in [9.17, 15) is 9.18 Å². The number of carbonyl (C=O) groups is 1. The number of pyridine rings is 1. The number of hydrogen-bond acceptors (Lipinski definition) is 5. The molecule has 1 unspecified atom stereocenters. The molecule has 0 spiro atoms. The fourth-order valence-electron chi connectivity index (χ4n) is 2.60. The van der Waals surface area contributed by atoms with Crippen LogP contribution in [0.15, 0.2) is 53.3 Å². The Morgan fingerprint density at radius 2 is 2.00 bits per heavy atom. The Bertz CT molecular complexity index is 867. The van der Waals surface area contributed by atoms with Gasteiger partial charge in [0.05, 0.1) is 5.56 Å². The number of amides is 1. The molecule has 0 bridgehead atoms. The third kappa shape index (κ3) is 4.72. The lowest BCUT2D eigenvalue weighted by Gasteiger charge is -2.13. The molecule has 1 amide bonds. The molecule has 0 aliphatic carbocycles. The van der Waals surface area contributed by atoms with Crippen molar-refractivity contribution in [2.24, 2.45) is 0 Å². The number of rotatable bonds is 7. The molecular formula is C19H19FN4O2. The van der Waals surface area contributed by atoms with Gasteiger partial charge in [-0.2, -0.15) is 4.98 Å². The zero-order valence-corrected chi connectivity index (χ0v) is 14.4. The van der Waals surface area contributed by atoms with Gasteiger partial charge in [0.25, 0.3) is 0 Å². The average molecular weight is 354 g/mol. The van der Waals surface area contributed by atoms with Gasteiger partial charge in [-0.3, -0.25) is 9.78 Å². The van der Waals surface area contributed by atoms with Crippen molar-refractivity contribution >= 4 is 5.91 Å². The van der Waals surface area contributed by atoms with E-state index in [1.54, 1.807) is 30.6 Å². The maximum atomic E-state index is 13.7. The van der Waals surface area contributed by atoms with E-state index < -0.39 is 5.82 Å². The fraction of sp³-hybridized carbons (Fsp3) is 0.263. The van der Waals surface area contributed by atoms with Crippen molar-refractivity contribution in [3.05, 3.63) is 66.1 Å². The Morgan fingerprint density at radius 1 is 1.23 bits per heavy atom. The fourth-order valence-corrected chi connectivity index (χ4v) is 2.60. The first kappa shape index (κ1) is 17.7. The Labute approximate surface area is 150 Å². The zero-order chi connectivity index (χ0) is 18.4. The number of benzene rings is 1. The summed E-state index contributed by atoms with van der Waals surface area (Å²) in [7, 11) is 0. The first-order valence-corrected chi connectivity index (χ1v) is 8.37. The van der Waals surface area contributed by atoms with Crippen LogP contribution in [0.25, 0.3) is 11.4 Å². The van der Waals surface area contributed by atoms with Crippen LogP contribution >= 0.6 is 0 Å². The third-order valence-electron chi connectivity index (χ3n) is 3.85. The Hall–Kier alpha value is -3.09. The number of nitrogens with zero attached hydrogens (tertiary/aromatic N) is 3. The molecule has 134 valence electrons. The zero-order valence-electron chi connectivity index (χ0n) is 14.4. The van der Waals surface area contributed by atoms with Crippen molar-refractivity contribution < 1.29 is 13.7 Å². The molecule has 2 heterocycles. The quantitative estimate of drug-likeness (QED) is 0.705. The second kappa shape index (κ2) is 8.33. The van der Waals surface area contributed by atoms with Crippen LogP contribution in [0, 0.1) is 5.82 Å². The molecule has 1 atom stereocenters. The maximum absolute atomic E-state index is 13.7. The number of nitrogens with one attached hydrogen (secondary N) is 1. The lowest BCUT2D eigenvalue weighted by Crippen LogP contribution is -2.34. The molecule has 2 aromatic heterocycles. The smallest absolute Gasteiger partial charge is 0.227 e. The molecule has 3 rings (SSSR count). The molecule has 7 heteroatoms. The van der Waals surface area contributed by atoms with Gasteiger partial charge in [0.15, 0.2) is 0 Å². The van der Waals surface area contributed by atoms with Gasteiger partial charge in [-0.1, -0.05) is 17.3 Å². The molecule has 1 N–H and O–H groups in total. The van der Waals surface area contributed by atoms with Crippen molar-refractivity contribution in [2.75, 3.05) is 0 Å². The molecule has 0 aliphatic rings. The topological polar surface area (TPSA) is 80.9 Å². The van der Waals surface area contributed by atoms with E-state index in [2.05, 4.69) is 20.4 Å². The summed E-state index contributed by atoms with van der Waals surface area (Å²) in [6, 6.07) is 10.1. The lowest BCUT2D eigenvalue weighted by molar-refractivity contribution is -0.121. The van der Waals surface area contributed by atoms with Gasteiger partial charge in [-0.05, 0) is 43.2 Å². The molecule has 0 saturated carbocycles. The van der Waals surface area contributed by atoms with Crippen LogP contribution in [0.5, 0.6) is 0 Å². The van der Waals surface area contributed by atoms with Gasteiger partial charge in [0.1, 0.15) is 5.82 Å². The molecule has 0 radical (unpaired) electrons. The van der Waals surface area contributed by atoms with Crippen LogP contribution in [0.2, 0.25) is 0 Å². The van der Waals surface area contributed by atoms with E-state index in [1.807, 2.05) is 19.1 Å². The van der Waals surface area contributed by atoms with Gasteiger partial charge in [-0.15, -0.1) is 0 Å². The summed E-state index contributed by atoms with van der Waals surface area (Å²) in [6.07, 6.45) is 4.71. The molecule has 0 aliphatic heterocycles. The minimum Gasteiger partial charge on any atom is -0.353 e. The Morgan fingerprint density at radius 3 is 2.77 bits per heavy atom. The van der Waals surface area contributed by atoms with Crippen molar-refractivity contribution in [1.82, 2.24) is 20.4 Å². The summed E-state index contributed by atoms with van der Waals surface area (Å²) in [6.45, 7) is 1.95. The number of aromatic nitrogens is 3. The number of carbonyl (C=O) groups excluding carboxylic acids is 1. The van der Waals surface area contributed by atoms with Crippen LogP contribution < -0.4 is 5.32 Å². The molecule has 0 fully saturated rings. The maximum Gasteiger partial charge on any atom is 0.227 e. The van der Waals surface area contributed by atoms with Crippen LogP contribution in [-0.4, -0.2) is 27.1 Å². The minimum atomic E-state index is -0.414. The summed E-state index contributed by atoms with van der Waals surface area (Å²) < 4.78 is 18.8. The van der Waals surface area contributed by atoms with E-state index >= 15 is 0 Å². The molecule has 0 saturated heterocycles. The molecule has 6 nitrogen and oxygen atoms in total. The third-order valence-corrected chi connectivity index (χ3v) is 3.85. The summed E-state index contributed by atoms with van der Waals surface area (Å²) >= 11 is 0. The Balaban J connectivity index is 1.50. The number of aryl methyl sites for hydroxylation is 1. The average Bonchev–Trinajstić information content (AvgIpc) is 3.10. The predicted molar refractivity (Wildman–Crippen MR) is 93.6 cm³/mol. The van der Waals surface area contributed by atoms with Gasteiger partial charge in [-0.25, -0.2) is 4.39 Å². The summed E-state index contributed by atoms with van der Waals surface area (Å²) in [5.74, 6) is -0.0236. The highest BCUT2D eigenvalue weighted by Crippen LogP contribution is 2.19. The van der Waals surface area contributed by atoms with Gasteiger partial charge in [0, 0.05) is 31.3 Å². The van der Waals surface area contributed by atoms with Crippen molar-refractivity contribution in [3.8, 4) is 11.4 Å². The highest BCUT2D eigenvalue weighted by molar-refractivity contribution is 5.76. The van der Waals surface area contributed by atoms with Gasteiger partial charge < -0.3 is 9.84 Å². The standard InChI is InChI=1S/C19H19FN4O2/c1-13(12-14-8-10-21-11-9-14)22-17(25)6-7-18-23-19(24-26-18)15-4-2-3-5-16(15)20/h2-5,8-11,13H,6-7,12H2,1H3,(H,22,25). The lowest BCUT2D eigenvalue weighted by atomic mass is 10.1. The van der Waals surface area contributed by atoms with Crippen LogP contribution in [0.1, 0.15) is 24.8 Å². The van der Waals surface area contributed by atoms with Crippen LogP contribution in [-0.2, 0) is 17.6 Å². The normalized spacial score (nSPS) is 11.9. The molecule has 26 heavy (non-hydrogen) atoms. The monoisotopic (exact) mass is 354 g/mol. The van der Waals surface area contributed by atoms with Crippen molar-refractivity contribution in [2.45, 2.75) is 32.2 Å². The minimum absolute atomic E-state index is 0.00145. The van der Waals surface area contributed by atoms with Crippen molar-refractivity contribution in [1.29, 1.82) is 0 Å². The van der Waals surface area contributed by atoms with E-state index in [0.29, 0.717) is 12.3 Å². The van der Waals surface area contributed by atoms with Gasteiger partial charge >= 0.3 is 0 Å². The van der Waals surface area contributed by atoms with E-state index in [-0.39, 0.29) is 29.8 Å². The number of hydrogen-bond donors (Lipinski definition) is 1. The van der Waals surface area contributed by atoms with E-state index in [0.717, 1.165) is 12.0 Å². The number of halogens is 1. The molecular weight excluding hydrogens is 335 g/mol. The summed E-state index contributed by atoms with van der Waals surface area (Å²) in [4.78, 5) is 20.2. The highest BCUT2D eigenvalue weighted by Gasteiger charge is 2.14. The van der Waals surface area contributed by atoms with E-state index in [1.165, 1.54) is 6.07 Å². The predicted octanol–water partition coefficient (Wildman–Crippen LogP) is 2.95. The first-order valence-electron chi connectivity index (χ1n) is 8.37. The summed E-state index contributed by atoms with van der Waals surface area (Å²) in [5, 5.41) is 6.72. The van der Waals surface area contributed by atoms with Crippen LogP contribution in [0.4, 0.5) is 4.39 Å². The van der Waals surface area contributed by atoms with Gasteiger partial charge in [0.2, 0.25) is 17.6 Å². The Kier molecular flexibility index (Phi) is 5.68. The molecule has 3 aromatic rings. The summed E-state index contributed by atoms with van der Waals surface area (Å²) in [5.41, 5.74) is 1.39. The van der Waals surface area contributed by atoms with Crippen molar-refractivity contribution in [3.63, 3.8) is 0 Å². The van der Waals surface area contributed by atoms with Crippen LogP contribution in [0.3, 0.4) is 0 Å². The second-order valence-electron chi connectivity index (χ2n) is 6.02. The first-order chi connectivity index (χ1) is 12.6. The SMILES string of the molecule is CC(Cc1ccncc1)NC(=O)CCc1nc(-c2ccccc2F)no1.